The zero-order valence-corrected chi connectivity index (χ0v) is 48.3. The van der Waals surface area contributed by atoms with Crippen molar-refractivity contribution in [1.29, 1.82) is 0 Å². The Bertz CT molecular complexity index is 3170. The van der Waals surface area contributed by atoms with E-state index in [2.05, 4.69) is 62.8 Å². The molecule has 2 aliphatic carbocycles. The van der Waals surface area contributed by atoms with Gasteiger partial charge in [-0.25, -0.2) is 9.97 Å². The summed E-state index contributed by atoms with van der Waals surface area (Å²) in [4.78, 5) is 47.0. The molecule has 0 radical (unpaired) electrons. The number of nitrogen functional groups attached to an aromatic ring is 1. The van der Waals surface area contributed by atoms with E-state index in [-0.39, 0.29) is 66.8 Å². The van der Waals surface area contributed by atoms with Gasteiger partial charge in [0.25, 0.3) is 0 Å². The number of thiazole rings is 1. The molecule has 20 heteroatoms. The van der Waals surface area contributed by atoms with Crippen molar-refractivity contribution in [1.82, 2.24) is 40.9 Å². The average Bonchev–Trinajstić information content (AvgIpc) is 4.40. The van der Waals surface area contributed by atoms with Gasteiger partial charge in [-0.05, 0) is 112 Å². The molecule has 2 bridgehead atoms. The maximum Gasteiger partial charge on any atom is 0.243 e. The minimum atomic E-state index is -0.805. The van der Waals surface area contributed by atoms with Gasteiger partial charge in [-0.3, -0.25) is 9.59 Å². The van der Waals surface area contributed by atoms with Crippen molar-refractivity contribution in [3.05, 3.63) is 102 Å². The lowest BCUT2D eigenvalue weighted by atomic mass is 9.89. The van der Waals surface area contributed by atoms with Crippen LogP contribution in [0, 0.1) is 18.8 Å². The molecule has 4 saturated heterocycles. The van der Waals surface area contributed by atoms with E-state index in [1.54, 1.807) is 23.5 Å². The molecule has 6 fully saturated rings. The Balaban J connectivity index is 0.566. The highest BCUT2D eigenvalue weighted by molar-refractivity contribution is 7.13. The van der Waals surface area contributed by atoms with Gasteiger partial charge < -0.3 is 60.2 Å². The number of pyridine rings is 1. The molecule has 12 rings (SSSR count). The Kier molecular flexibility index (Phi) is 16.4. The number of aliphatic hydroxyl groups excluding tert-OH is 1. The largest absolute Gasteiger partial charge is 0.507 e. The molecule has 19 nitrogen and oxygen atoms in total. The fourth-order valence-corrected chi connectivity index (χ4v) is 14.4. The highest BCUT2D eigenvalue weighted by atomic mass is 32.1. The number of anilines is 4. The zero-order valence-electron chi connectivity index (χ0n) is 47.5. The minimum Gasteiger partial charge on any atom is -0.507 e. The molecule has 2 saturated carbocycles. The van der Waals surface area contributed by atoms with Gasteiger partial charge in [-0.15, -0.1) is 21.5 Å². The summed E-state index contributed by atoms with van der Waals surface area (Å²) in [6.07, 6.45) is 11.9. The second-order valence-electron chi connectivity index (χ2n) is 24.2. The number of likely N-dealkylation sites (tertiary alicyclic amines) is 1. The number of aromatic nitrogens is 5. The van der Waals surface area contributed by atoms with Crippen molar-refractivity contribution >= 4 is 46.2 Å². The van der Waals surface area contributed by atoms with E-state index >= 15 is 0 Å². The monoisotopic (exact) mass is 1130 g/mol. The molecule has 2 unspecified atom stereocenters. The molecular formula is C62H78N12O7S. The van der Waals surface area contributed by atoms with Gasteiger partial charge in [0.2, 0.25) is 17.7 Å². The number of amides is 2. The first kappa shape index (κ1) is 55.7. The molecular weight excluding hydrogens is 1060 g/mol. The summed E-state index contributed by atoms with van der Waals surface area (Å²) in [5, 5.41) is 41.5. The van der Waals surface area contributed by atoms with E-state index in [0.717, 1.165) is 136 Å². The number of β-amino-alcohol motifs (C(OH)–C–C–N with tert-alkyl or cyclic N) is 1. The molecule has 4 aromatic heterocycles. The number of hydrogen-bond donors (Lipinski definition) is 5. The normalized spacial score (nSPS) is 25.7. The van der Waals surface area contributed by atoms with Crippen LogP contribution in [0.4, 0.5) is 23.0 Å². The molecule has 2 aromatic carbocycles. The topological polar surface area (TPSA) is 234 Å². The Morgan fingerprint density at radius 2 is 1.59 bits per heavy atom. The standard InChI is InChI=1S/C62H78N12O7S/c1-36(2)58(62(78)74-34-46(75)27-53(74)61(77)66-37(3)40-9-11-41(12-10-40)59-38(4)65-35-82-59)55-31-56(70-81-55)71-23-19-43(20-24-71)67-42-13-15-47(16-14-42)79-48-28-49(29-48)80-57-26-44(17-21-64-57)73-32-39-18-22-72(33-45(73)25-39)52-30-51(68-69-60(52)63)50-7-5-6-8-54(50)76/h5-12,17,21,26,30-31,35-37,39,42-43,45-49,53,58,67,75-76H,13-16,18-20,22-25,27-29,32-34H2,1-4H3,(H2,63,69)(H,66,77)/t37-,39?,42?,45?,46+,47?,48?,49?,53-,58+/m0/s1. The van der Waals surface area contributed by atoms with Crippen molar-refractivity contribution < 1.29 is 33.8 Å². The number of aliphatic hydroxyl groups is 1. The number of phenols is 1. The van der Waals surface area contributed by atoms with Gasteiger partial charge >= 0.3 is 0 Å². The highest BCUT2D eigenvalue weighted by Crippen LogP contribution is 2.40. The number of phenolic OH excluding ortho intramolecular Hbond substituents is 1. The maximum atomic E-state index is 14.4. The van der Waals surface area contributed by atoms with Crippen LogP contribution in [-0.2, 0) is 14.3 Å². The molecule has 0 spiro atoms. The van der Waals surface area contributed by atoms with Crippen LogP contribution in [-0.4, -0.2) is 140 Å². The van der Waals surface area contributed by atoms with Gasteiger partial charge in [-0.2, -0.15) is 0 Å². The molecule has 8 heterocycles. The molecule has 4 aliphatic heterocycles. The van der Waals surface area contributed by atoms with Crippen molar-refractivity contribution in [2.24, 2.45) is 11.8 Å². The second kappa shape index (κ2) is 24.1. The van der Waals surface area contributed by atoms with Crippen molar-refractivity contribution in [3.8, 4) is 33.3 Å². The number of para-hydroxylation sites is 1. The minimum absolute atomic E-state index is 0.0814. The number of nitrogens with zero attached hydrogens (tertiary/aromatic N) is 9. The molecule has 6 N–H and O–H groups in total. The summed E-state index contributed by atoms with van der Waals surface area (Å²) >= 11 is 1.60. The van der Waals surface area contributed by atoms with Crippen LogP contribution >= 0.6 is 11.3 Å². The zero-order chi connectivity index (χ0) is 56.6. The summed E-state index contributed by atoms with van der Waals surface area (Å²) in [5.41, 5.74) is 14.5. The third-order valence-electron chi connectivity index (χ3n) is 18.2. The fraction of sp³-hybridized carbons (Fsp3) is 0.532. The number of aryl methyl sites for hydroxylation is 1. The smallest absolute Gasteiger partial charge is 0.243 e. The van der Waals surface area contributed by atoms with E-state index in [0.29, 0.717) is 46.7 Å². The van der Waals surface area contributed by atoms with Crippen LogP contribution in [0.1, 0.15) is 120 Å². The van der Waals surface area contributed by atoms with E-state index in [1.165, 1.54) is 4.90 Å². The number of fused-ring (bicyclic) bond motifs is 2. The van der Waals surface area contributed by atoms with Gasteiger partial charge in [0.1, 0.15) is 23.8 Å². The summed E-state index contributed by atoms with van der Waals surface area (Å²) in [6.45, 7) is 12.3. The number of ether oxygens (including phenoxy) is 2. The van der Waals surface area contributed by atoms with Gasteiger partial charge in [-0.1, -0.05) is 55.4 Å². The lowest BCUT2D eigenvalue weighted by Gasteiger charge is -2.40. The van der Waals surface area contributed by atoms with Gasteiger partial charge in [0.15, 0.2) is 17.4 Å². The second-order valence-corrected chi connectivity index (χ2v) is 25.1. The SMILES string of the molecule is Cc1ncsc1-c1ccc([C@H](C)NC(=O)[C@@H]2C[C@@H](O)CN2C(=O)[C@@H](c2cc(N3CCC(NC4CCC(OC5CC(Oc6cc(N7CC8CCN(c9cc(-c%10ccccc%10O)nnc9N)CC7C8)ccn6)C5)CC4)CC3)no2)C(C)C)cc1. The third kappa shape index (κ3) is 12.1. The lowest BCUT2D eigenvalue weighted by Crippen LogP contribution is -2.48. The first-order chi connectivity index (χ1) is 39.8. The van der Waals surface area contributed by atoms with E-state index in [9.17, 15) is 19.8 Å². The predicted octanol–water partition coefficient (Wildman–Crippen LogP) is 8.43. The summed E-state index contributed by atoms with van der Waals surface area (Å²) in [6, 6.07) is 23.4. The van der Waals surface area contributed by atoms with Crippen LogP contribution < -0.4 is 35.8 Å². The number of piperidine rings is 1. The van der Waals surface area contributed by atoms with Crippen LogP contribution in [0.2, 0.25) is 0 Å². The number of benzene rings is 2. The van der Waals surface area contributed by atoms with Gasteiger partial charge in [0.05, 0.1) is 51.8 Å². The number of nitrogens with two attached hydrogens (primary N) is 1. The van der Waals surface area contributed by atoms with Crippen LogP contribution in [0.5, 0.6) is 11.6 Å². The van der Waals surface area contributed by atoms with Gasteiger partial charge in [0, 0.05) is 106 Å². The average molecular weight is 1140 g/mol. The first-order valence-corrected chi connectivity index (χ1v) is 30.6. The highest BCUT2D eigenvalue weighted by Gasteiger charge is 2.44. The molecule has 434 valence electrons. The maximum absolute atomic E-state index is 14.4. The van der Waals surface area contributed by atoms with Crippen LogP contribution in [0.25, 0.3) is 21.7 Å². The van der Waals surface area contributed by atoms with E-state index in [4.69, 9.17) is 19.7 Å². The first-order valence-electron chi connectivity index (χ1n) is 29.7. The predicted molar refractivity (Wildman–Crippen MR) is 316 cm³/mol. The molecule has 2 amide bonds. The van der Waals surface area contributed by atoms with Crippen molar-refractivity contribution in [2.75, 3.05) is 59.7 Å². The summed E-state index contributed by atoms with van der Waals surface area (Å²) in [5.74, 6) is 1.65. The Labute approximate surface area is 484 Å². The summed E-state index contributed by atoms with van der Waals surface area (Å²) in [7, 11) is 0. The number of carbonyl (C=O) groups excluding carboxylic acids is 2. The number of hydrogen-bond acceptors (Lipinski definition) is 18. The molecule has 6 aromatic rings. The Morgan fingerprint density at radius 1 is 0.817 bits per heavy atom. The number of rotatable bonds is 17. The number of carbonyl (C=O) groups is 2. The van der Waals surface area contributed by atoms with Crippen LogP contribution in [0.15, 0.2) is 89.0 Å². The summed E-state index contributed by atoms with van der Waals surface area (Å²) < 4.78 is 19.1. The van der Waals surface area contributed by atoms with E-state index in [1.807, 2.05) is 87.9 Å². The van der Waals surface area contributed by atoms with Crippen LogP contribution in [0.3, 0.4) is 0 Å². The number of nitrogens with one attached hydrogen (secondary N) is 2. The Hall–Kier alpha value is -6.87. The number of aromatic hydroxyl groups is 1. The molecule has 82 heavy (non-hydrogen) atoms. The lowest BCUT2D eigenvalue weighted by molar-refractivity contribution is -0.141. The molecule has 6 aliphatic rings. The fourth-order valence-electron chi connectivity index (χ4n) is 13.6. The third-order valence-corrected chi connectivity index (χ3v) is 19.2. The Morgan fingerprint density at radius 3 is 2.34 bits per heavy atom. The van der Waals surface area contributed by atoms with Crippen molar-refractivity contribution in [2.45, 2.75) is 159 Å². The molecule has 6 atom stereocenters. The van der Waals surface area contributed by atoms with Crippen molar-refractivity contribution in [3.63, 3.8) is 0 Å². The van der Waals surface area contributed by atoms with E-state index < -0.39 is 18.1 Å². The quantitative estimate of drug-likeness (QED) is 0.0576.